The lowest BCUT2D eigenvalue weighted by atomic mass is 9.59. The molecule has 1 spiro atoms. The minimum atomic E-state index is -0.317. The summed E-state index contributed by atoms with van der Waals surface area (Å²) in [4.78, 5) is 5.05. The first-order chi connectivity index (χ1) is 12.0. The summed E-state index contributed by atoms with van der Waals surface area (Å²) in [5.74, 6) is 1.32. The lowest BCUT2D eigenvalue weighted by molar-refractivity contribution is -0.199. The van der Waals surface area contributed by atoms with E-state index in [9.17, 15) is 0 Å². The average molecular weight is 342 g/mol. The van der Waals surface area contributed by atoms with E-state index in [1.165, 1.54) is 17.8 Å². The van der Waals surface area contributed by atoms with Crippen LogP contribution in [0.3, 0.4) is 0 Å². The maximum atomic E-state index is 6.01. The number of nitrogens with zero attached hydrogens (tertiary/aromatic N) is 4. The summed E-state index contributed by atoms with van der Waals surface area (Å²) in [6.45, 7) is 5.99. The van der Waals surface area contributed by atoms with Crippen LogP contribution in [0.1, 0.15) is 49.8 Å². The highest BCUT2D eigenvalue weighted by Crippen LogP contribution is 2.54. The van der Waals surface area contributed by atoms with Crippen LogP contribution in [-0.2, 0) is 28.4 Å². The molecule has 2 aromatic rings. The van der Waals surface area contributed by atoms with Gasteiger partial charge in [-0.1, -0.05) is 6.92 Å². The Morgan fingerprint density at radius 2 is 2.04 bits per heavy atom. The molecule has 2 fully saturated rings. The Bertz CT molecular complexity index is 818. The molecule has 3 heterocycles. The number of hydrogen-bond donors (Lipinski definition) is 0. The van der Waals surface area contributed by atoms with Gasteiger partial charge in [0.2, 0.25) is 0 Å². The molecule has 1 saturated carbocycles. The predicted octanol–water partition coefficient (Wildman–Crippen LogP) is 2.66. The van der Waals surface area contributed by atoms with E-state index in [2.05, 4.69) is 29.7 Å². The van der Waals surface area contributed by atoms with Crippen LogP contribution >= 0.6 is 0 Å². The smallest absolute Gasteiger partial charge is 0.168 e. The van der Waals surface area contributed by atoms with Crippen LogP contribution in [0.4, 0.5) is 0 Å². The minimum Gasteiger partial charge on any atom is -0.348 e. The molecule has 2 atom stereocenters. The van der Waals surface area contributed by atoms with E-state index in [1.54, 1.807) is 0 Å². The Morgan fingerprint density at radius 1 is 1.24 bits per heavy atom. The van der Waals surface area contributed by atoms with E-state index < -0.39 is 0 Å². The molecule has 3 aliphatic rings. The summed E-state index contributed by atoms with van der Waals surface area (Å²) in [6, 6.07) is 0. The zero-order valence-corrected chi connectivity index (χ0v) is 15.3. The maximum absolute atomic E-state index is 6.01. The number of ether oxygens (including phenoxy) is 2. The Morgan fingerprint density at radius 3 is 2.76 bits per heavy atom. The van der Waals surface area contributed by atoms with Crippen LogP contribution in [0.2, 0.25) is 0 Å². The largest absolute Gasteiger partial charge is 0.348 e. The Kier molecular flexibility index (Phi) is 3.23. The van der Waals surface area contributed by atoms with Gasteiger partial charge in [-0.3, -0.25) is 9.25 Å². The van der Waals surface area contributed by atoms with Gasteiger partial charge in [-0.25, -0.2) is 4.98 Å². The van der Waals surface area contributed by atoms with Crippen LogP contribution < -0.4 is 0 Å². The molecule has 0 amide bonds. The van der Waals surface area contributed by atoms with Crippen molar-refractivity contribution in [1.82, 2.24) is 19.3 Å². The van der Waals surface area contributed by atoms with Gasteiger partial charge < -0.3 is 9.47 Å². The molecule has 1 aliphatic heterocycles. The van der Waals surface area contributed by atoms with Crippen LogP contribution in [-0.4, -0.2) is 38.3 Å². The van der Waals surface area contributed by atoms with E-state index in [4.69, 9.17) is 14.5 Å². The summed E-state index contributed by atoms with van der Waals surface area (Å²) >= 11 is 0. The molecule has 2 aliphatic carbocycles. The fourth-order valence-electron chi connectivity index (χ4n) is 5.29. The topological polar surface area (TPSA) is 54.1 Å². The van der Waals surface area contributed by atoms with Crippen molar-refractivity contribution in [3.8, 4) is 5.69 Å². The molecule has 6 heteroatoms. The monoisotopic (exact) mass is 342 g/mol. The molecule has 1 saturated heterocycles. The number of imidazole rings is 1. The van der Waals surface area contributed by atoms with E-state index in [0.717, 1.165) is 50.4 Å². The third-order valence-corrected chi connectivity index (χ3v) is 6.66. The van der Waals surface area contributed by atoms with E-state index in [-0.39, 0.29) is 11.2 Å². The number of rotatable bonds is 1. The summed E-state index contributed by atoms with van der Waals surface area (Å²) in [5, 5.41) is 4.34. The molecule has 6 nitrogen and oxygen atoms in total. The van der Waals surface area contributed by atoms with Crippen molar-refractivity contribution in [1.29, 1.82) is 0 Å². The Labute approximate surface area is 148 Å². The SMILES string of the molecule is Cc1nc2c(n1-c1cnn(C)c1)CCC1CC3(CCC21C)OCCO3. The first-order valence-corrected chi connectivity index (χ1v) is 9.36. The number of hydrogen-bond acceptors (Lipinski definition) is 4. The lowest BCUT2D eigenvalue weighted by Crippen LogP contribution is -2.49. The van der Waals surface area contributed by atoms with Crippen molar-refractivity contribution in [2.75, 3.05) is 13.2 Å². The highest BCUT2D eigenvalue weighted by molar-refractivity contribution is 5.39. The number of aromatic nitrogens is 4. The molecular formula is C19H26N4O2. The van der Waals surface area contributed by atoms with Crippen LogP contribution in [0, 0.1) is 12.8 Å². The zero-order chi connectivity index (χ0) is 17.2. The quantitative estimate of drug-likeness (QED) is 0.799. The van der Waals surface area contributed by atoms with Crippen molar-refractivity contribution >= 4 is 0 Å². The van der Waals surface area contributed by atoms with E-state index in [1.807, 2.05) is 17.9 Å². The minimum absolute atomic E-state index is 0.117. The summed E-state index contributed by atoms with van der Waals surface area (Å²) < 4.78 is 16.2. The van der Waals surface area contributed by atoms with Gasteiger partial charge in [-0.15, -0.1) is 0 Å². The van der Waals surface area contributed by atoms with E-state index >= 15 is 0 Å². The van der Waals surface area contributed by atoms with Gasteiger partial charge in [0.25, 0.3) is 0 Å². The molecule has 0 bridgehead atoms. The van der Waals surface area contributed by atoms with E-state index in [0.29, 0.717) is 5.92 Å². The van der Waals surface area contributed by atoms with Gasteiger partial charge >= 0.3 is 0 Å². The predicted molar refractivity (Wildman–Crippen MR) is 92.7 cm³/mol. The lowest BCUT2D eigenvalue weighted by Gasteiger charge is -2.49. The second-order valence-electron chi connectivity index (χ2n) is 8.13. The third-order valence-electron chi connectivity index (χ3n) is 6.66. The van der Waals surface area contributed by atoms with Crippen molar-refractivity contribution in [2.45, 2.75) is 57.2 Å². The van der Waals surface area contributed by atoms with Gasteiger partial charge in [0.05, 0.1) is 30.8 Å². The van der Waals surface area contributed by atoms with Gasteiger partial charge in [0.1, 0.15) is 5.82 Å². The molecule has 0 N–H and O–H groups in total. The standard InChI is InChI=1S/C19H26N4O2/c1-13-21-17-16(23(13)15-11-20-22(3)12-15)5-4-14-10-19(24-8-9-25-19)7-6-18(14,17)2/h11-12,14H,4-10H2,1-3H3. The third kappa shape index (κ3) is 2.16. The van der Waals surface area contributed by atoms with Crippen molar-refractivity contribution in [3.63, 3.8) is 0 Å². The van der Waals surface area contributed by atoms with Gasteiger partial charge in [0.15, 0.2) is 5.79 Å². The molecule has 0 radical (unpaired) electrons. The van der Waals surface area contributed by atoms with Crippen LogP contribution in [0.25, 0.3) is 5.69 Å². The van der Waals surface area contributed by atoms with Crippen LogP contribution in [0.5, 0.6) is 0 Å². The average Bonchev–Trinajstić information content (AvgIpc) is 3.28. The Hall–Kier alpha value is -1.66. The fraction of sp³-hybridized carbons (Fsp3) is 0.684. The normalized spacial score (nSPS) is 30.4. The molecule has 25 heavy (non-hydrogen) atoms. The zero-order valence-electron chi connectivity index (χ0n) is 15.3. The molecule has 5 rings (SSSR count). The summed E-state index contributed by atoms with van der Waals surface area (Å²) in [5.41, 5.74) is 3.89. The number of fused-ring (bicyclic) bond motifs is 3. The molecule has 2 unspecified atom stereocenters. The highest BCUT2D eigenvalue weighted by Gasteiger charge is 2.53. The van der Waals surface area contributed by atoms with Gasteiger partial charge in [0, 0.05) is 37.2 Å². The summed E-state index contributed by atoms with van der Waals surface area (Å²) in [6.07, 6.45) is 9.28. The molecule has 134 valence electrons. The molecule has 2 aromatic heterocycles. The molecular weight excluding hydrogens is 316 g/mol. The first-order valence-electron chi connectivity index (χ1n) is 9.36. The summed E-state index contributed by atoms with van der Waals surface area (Å²) in [7, 11) is 1.96. The van der Waals surface area contributed by atoms with Crippen molar-refractivity contribution < 1.29 is 9.47 Å². The van der Waals surface area contributed by atoms with Crippen LogP contribution in [0.15, 0.2) is 12.4 Å². The van der Waals surface area contributed by atoms with Crippen molar-refractivity contribution in [2.24, 2.45) is 13.0 Å². The second-order valence-corrected chi connectivity index (χ2v) is 8.13. The Balaban J connectivity index is 1.55. The molecule has 0 aromatic carbocycles. The number of aryl methyl sites for hydroxylation is 2. The van der Waals surface area contributed by atoms with Crippen molar-refractivity contribution in [3.05, 3.63) is 29.6 Å². The van der Waals surface area contributed by atoms with Gasteiger partial charge in [-0.05, 0) is 32.1 Å². The highest BCUT2D eigenvalue weighted by atomic mass is 16.7. The maximum Gasteiger partial charge on any atom is 0.168 e. The first kappa shape index (κ1) is 15.6. The van der Waals surface area contributed by atoms with Gasteiger partial charge in [-0.2, -0.15) is 5.10 Å². The second kappa shape index (κ2) is 5.17. The fourth-order valence-corrected chi connectivity index (χ4v) is 5.29.